The second-order valence-corrected chi connectivity index (χ2v) is 5.00. The summed E-state index contributed by atoms with van der Waals surface area (Å²) in [5.74, 6) is 0. The first kappa shape index (κ1) is 13.7. The Morgan fingerprint density at radius 3 is 1.71 bits per heavy atom. The van der Waals surface area contributed by atoms with E-state index in [4.69, 9.17) is 0 Å². The van der Waals surface area contributed by atoms with Crippen molar-refractivity contribution in [3.05, 3.63) is 83.4 Å². The Balaban J connectivity index is 1.76. The third kappa shape index (κ3) is 2.92. The Morgan fingerprint density at radius 1 is 0.667 bits per heavy atom. The summed E-state index contributed by atoms with van der Waals surface area (Å²) in [5, 5.41) is 0. The molecular formula is C18H13F3. The molecule has 1 aliphatic rings. The first-order chi connectivity index (χ1) is 10.0. The minimum absolute atomic E-state index is 0.610. The fraction of sp³-hybridized carbons (Fsp3) is 0.111. The van der Waals surface area contributed by atoms with Gasteiger partial charge in [-0.15, -0.1) is 0 Å². The highest BCUT2D eigenvalue weighted by atomic mass is 19.4. The van der Waals surface area contributed by atoms with Crippen LogP contribution in [0.25, 0.3) is 11.1 Å². The van der Waals surface area contributed by atoms with E-state index in [1.807, 2.05) is 42.5 Å². The van der Waals surface area contributed by atoms with Gasteiger partial charge in [-0.05, 0) is 40.8 Å². The fourth-order valence-corrected chi connectivity index (χ4v) is 2.45. The standard InChI is InChI=1S/C18H13F3/c19-18(20,21)17-10-8-14(9-11-17)16-7-6-15(12-16)13-4-2-1-3-5-13/h1-11H,12H2. The van der Waals surface area contributed by atoms with Crippen LogP contribution in [0.2, 0.25) is 0 Å². The SMILES string of the molecule is FC(F)(F)c1ccc(C2=CC=C(c3ccccc3)C2)cc1. The number of halogens is 3. The molecule has 0 heterocycles. The quantitative estimate of drug-likeness (QED) is 0.676. The number of rotatable bonds is 2. The zero-order valence-electron chi connectivity index (χ0n) is 11.2. The first-order valence-corrected chi connectivity index (χ1v) is 6.67. The average molecular weight is 286 g/mol. The average Bonchev–Trinajstić information content (AvgIpc) is 2.97. The van der Waals surface area contributed by atoms with Gasteiger partial charge in [-0.1, -0.05) is 54.6 Å². The molecule has 3 heteroatoms. The van der Waals surface area contributed by atoms with Crippen molar-refractivity contribution in [2.45, 2.75) is 12.6 Å². The maximum absolute atomic E-state index is 12.6. The normalized spacial score (nSPS) is 14.8. The van der Waals surface area contributed by atoms with Gasteiger partial charge in [0.15, 0.2) is 0 Å². The van der Waals surface area contributed by atoms with E-state index in [1.165, 1.54) is 17.7 Å². The van der Waals surface area contributed by atoms with Crippen LogP contribution in [0.3, 0.4) is 0 Å². The van der Waals surface area contributed by atoms with Crippen LogP contribution in [0.1, 0.15) is 23.1 Å². The van der Waals surface area contributed by atoms with Crippen molar-refractivity contribution in [1.82, 2.24) is 0 Å². The van der Waals surface area contributed by atoms with Gasteiger partial charge < -0.3 is 0 Å². The van der Waals surface area contributed by atoms with Gasteiger partial charge in [-0.25, -0.2) is 0 Å². The smallest absolute Gasteiger partial charge is 0.166 e. The highest BCUT2D eigenvalue weighted by molar-refractivity contribution is 5.86. The molecule has 0 unspecified atom stereocenters. The van der Waals surface area contributed by atoms with E-state index in [1.54, 1.807) is 0 Å². The first-order valence-electron chi connectivity index (χ1n) is 6.67. The van der Waals surface area contributed by atoms with Crippen LogP contribution in [0, 0.1) is 0 Å². The topological polar surface area (TPSA) is 0 Å². The third-order valence-electron chi connectivity index (χ3n) is 3.59. The van der Waals surface area contributed by atoms with E-state index in [-0.39, 0.29) is 0 Å². The number of allylic oxidation sites excluding steroid dienone is 4. The Labute approximate surface area is 121 Å². The zero-order valence-corrected chi connectivity index (χ0v) is 11.2. The van der Waals surface area contributed by atoms with E-state index < -0.39 is 11.7 Å². The highest BCUT2D eigenvalue weighted by Crippen LogP contribution is 2.35. The molecule has 21 heavy (non-hydrogen) atoms. The second kappa shape index (κ2) is 5.24. The summed E-state index contributed by atoms with van der Waals surface area (Å²) in [6.45, 7) is 0. The summed E-state index contributed by atoms with van der Waals surface area (Å²) >= 11 is 0. The van der Waals surface area contributed by atoms with Crippen molar-refractivity contribution < 1.29 is 13.2 Å². The van der Waals surface area contributed by atoms with Crippen LogP contribution < -0.4 is 0 Å². The summed E-state index contributed by atoms with van der Waals surface area (Å²) in [6, 6.07) is 15.3. The van der Waals surface area contributed by atoms with Gasteiger partial charge in [0.1, 0.15) is 0 Å². The van der Waals surface area contributed by atoms with Crippen LogP contribution in [-0.2, 0) is 6.18 Å². The third-order valence-corrected chi connectivity index (χ3v) is 3.59. The lowest BCUT2D eigenvalue weighted by atomic mass is 9.98. The van der Waals surface area contributed by atoms with E-state index in [0.29, 0.717) is 0 Å². The molecule has 0 amide bonds. The molecule has 0 fully saturated rings. The van der Waals surface area contributed by atoms with Gasteiger partial charge >= 0.3 is 6.18 Å². The Morgan fingerprint density at radius 2 is 1.19 bits per heavy atom. The molecule has 106 valence electrons. The number of alkyl halides is 3. The largest absolute Gasteiger partial charge is 0.416 e. The van der Waals surface area contributed by atoms with E-state index in [2.05, 4.69) is 0 Å². The molecule has 0 saturated heterocycles. The van der Waals surface area contributed by atoms with Gasteiger partial charge in [0.2, 0.25) is 0 Å². The number of hydrogen-bond donors (Lipinski definition) is 0. The highest BCUT2D eigenvalue weighted by Gasteiger charge is 2.30. The Bertz CT molecular complexity index is 689. The van der Waals surface area contributed by atoms with Crippen LogP contribution in [0.4, 0.5) is 13.2 Å². The molecule has 1 aliphatic carbocycles. The number of benzene rings is 2. The van der Waals surface area contributed by atoms with E-state index in [9.17, 15) is 13.2 Å². The molecule has 0 radical (unpaired) electrons. The van der Waals surface area contributed by atoms with Gasteiger partial charge in [-0.3, -0.25) is 0 Å². The molecule has 0 saturated carbocycles. The maximum atomic E-state index is 12.6. The second-order valence-electron chi connectivity index (χ2n) is 5.00. The van der Waals surface area contributed by atoms with Gasteiger partial charge in [0, 0.05) is 0 Å². The van der Waals surface area contributed by atoms with Crippen molar-refractivity contribution >= 4 is 11.1 Å². The molecule has 0 nitrogen and oxygen atoms in total. The molecule has 0 N–H and O–H groups in total. The van der Waals surface area contributed by atoms with Crippen molar-refractivity contribution in [2.75, 3.05) is 0 Å². The summed E-state index contributed by atoms with van der Waals surface area (Å²) < 4.78 is 37.7. The molecular weight excluding hydrogens is 273 g/mol. The molecule has 2 aromatic rings. The Hall–Kier alpha value is -2.29. The molecule has 0 bridgehead atoms. The zero-order chi connectivity index (χ0) is 14.9. The summed E-state index contributed by atoms with van der Waals surface area (Å²) in [6.07, 6.45) is 0.471. The lowest BCUT2D eigenvalue weighted by Crippen LogP contribution is -2.04. The van der Waals surface area contributed by atoms with Crippen molar-refractivity contribution in [2.24, 2.45) is 0 Å². The molecule has 0 aliphatic heterocycles. The monoisotopic (exact) mass is 286 g/mol. The summed E-state index contributed by atoms with van der Waals surface area (Å²) in [4.78, 5) is 0. The predicted octanol–water partition coefficient (Wildman–Crippen LogP) is 5.58. The summed E-state index contributed by atoms with van der Waals surface area (Å²) in [7, 11) is 0. The molecule has 2 aromatic carbocycles. The van der Waals surface area contributed by atoms with Gasteiger partial charge in [-0.2, -0.15) is 13.2 Å². The lowest BCUT2D eigenvalue weighted by Gasteiger charge is -2.09. The van der Waals surface area contributed by atoms with Crippen molar-refractivity contribution in [1.29, 1.82) is 0 Å². The lowest BCUT2D eigenvalue weighted by molar-refractivity contribution is -0.137. The Kier molecular flexibility index (Phi) is 3.42. The minimum atomic E-state index is -4.28. The minimum Gasteiger partial charge on any atom is -0.166 e. The molecule has 0 atom stereocenters. The van der Waals surface area contributed by atoms with Crippen molar-refractivity contribution in [3.63, 3.8) is 0 Å². The maximum Gasteiger partial charge on any atom is 0.416 e. The van der Waals surface area contributed by atoms with E-state index >= 15 is 0 Å². The van der Waals surface area contributed by atoms with Crippen LogP contribution >= 0.6 is 0 Å². The molecule has 0 aromatic heterocycles. The van der Waals surface area contributed by atoms with Crippen LogP contribution in [-0.4, -0.2) is 0 Å². The predicted molar refractivity (Wildman–Crippen MR) is 78.5 cm³/mol. The van der Waals surface area contributed by atoms with Crippen molar-refractivity contribution in [3.8, 4) is 0 Å². The fourth-order valence-electron chi connectivity index (χ4n) is 2.45. The van der Waals surface area contributed by atoms with Crippen LogP contribution in [0.15, 0.2) is 66.7 Å². The molecule has 3 rings (SSSR count). The summed E-state index contributed by atoms with van der Waals surface area (Å²) in [5.41, 5.74) is 3.61. The van der Waals surface area contributed by atoms with E-state index in [0.717, 1.165) is 35.3 Å². The van der Waals surface area contributed by atoms with Gasteiger partial charge in [0.05, 0.1) is 5.56 Å². The van der Waals surface area contributed by atoms with Gasteiger partial charge in [0.25, 0.3) is 0 Å². The number of hydrogen-bond acceptors (Lipinski definition) is 0. The van der Waals surface area contributed by atoms with Crippen LogP contribution in [0.5, 0.6) is 0 Å². The molecule has 0 spiro atoms.